The standard InChI is InChI=1S/C9H11FN2O3/c1-6(5-11)15-9-4-7(10)2-3-8(9)12(13)14/h2-4,6H,5,11H2,1H3. The molecule has 0 amide bonds. The molecule has 1 unspecified atom stereocenters. The first-order valence-corrected chi connectivity index (χ1v) is 4.35. The highest BCUT2D eigenvalue weighted by Gasteiger charge is 2.17. The Labute approximate surface area is 85.8 Å². The first-order valence-electron chi connectivity index (χ1n) is 4.35. The fourth-order valence-electron chi connectivity index (χ4n) is 0.998. The number of nitrogens with two attached hydrogens (primary N) is 1. The van der Waals surface area contributed by atoms with Crippen molar-refractivity contribution in [2.45, 2.75) is 13.0 Å². The monoisotopic (exact) mass is 214 g/mol. The van der Waals surface area contributed by atoms with Crippen LogP contribution in [-0.4, -0.2) is 17.6 Å². The highest BCUT2D eigenvalue weighted by Crippen LogP contribution is 2.28. The van der Waals surface area contributed by atoms with Crippen LogP contribution in [-0.2, 0) is 0 Å². The van der Waals surface area contributed by atoms with Crippen LogP contribution in [0.1, 0.15) is 6.92 Å². The smallest absolute Gasteiger partial charge is 0.311 e. The molecule has 0 spiro atoms. The van der Waals surface area contributed by atoms with Gasteiger partial charge in [-0.05, 0) is 13.0 Å². The van der Waals surface area contributed by atoms with Crippen LogP contribution in [0.25, 0.3) is 0 Å². The maximum atomic E-state index is 12.8. The average molecular weight is 214 g/mol. The van der Waals surface area contributed by atoms with Gasteiger partial charge in [-0.25, -0.2) is 4.39 Å². The van der Waals surface area contributed by atoms with E-state index in [0.717, 1.165) is 18.2 Å². The fraction of sp³-hybridized carbons (Fsp3) is 0.333. The molecule has 15 heavy (non-hydrogen) atoms. The van der Waals surface area contributed by atoms with Gasteiger partial charge < -0.3 is 10.5 Å². The van der Waals surface area contributed by atoms with Gasteiger partial charge >= 0.3 is 5.69 Å². The molecule has 0 aliphatic carbocycles. The molecular formula is C9H11FN2O3. The SMILES string of the molecule is CC(CN)Oc1cc(F)ccc1[N+](=O)[O-]. The molecule has 2 N–H and O–H groups in total. The normalized spacial score (nSPS) is 12.2. The summed E-state index contributed by atoms with van der Waals surface area (Å²) in [6, 6.07) is 3.05. The summed E-state index contributed by atoms with van der Waals surface area (Å²) in [6.07, 6.45) is -0.398. The minimum absolute atomic E-state index is 0.0991. The van der Waals surface area contributed by atoms with Gasteiger partial charge in [0.1, 0.15) is 11.9 Å². The van der Waals surface area contributed by atoms with Crippen molar-refractivity contribution < 1.29 is 14.1 Å². The van der Waals surface area contributed by atoms with E-state index < -0.39 is 16.8 Å². The molecule has 1 aromatic carbocycles. The number of ether oxygens (including phenoxy) is 1. The minimum atomic E-state index is -0.627. The average Bonchev–Trinajstić information content (AvgIpc) is 2.17. The Kier molecular flexibility index (Phi) is 3.56. The molecule has 82 valence electrons. The van der Waals surface area contributed by atoms with E-state index in [1.807, 2.05) is 0 Å². The van der Waals surface area contributed by atoms with Crippen LogP contribution in [0.15, 0.2) is 18.2 Å². The minimum Gasteiger partial charge on any atom is -0.482 e. The predicted octanol–water partition coefficient (Wildman–Crippen LogP) is 1.46. The van der Waals surface area contributed by atoms with Crippen molar-refractivity contribution >= 4 is 5.69 Å². The molecule has 0 radical (unpaired) electrons. The van der Waals surface area contributed by atoms with E-state index in [9.17, 15) is 14.5 Å². The van der Waals surface area contributed by atoms with E-state index in [4.69, 9.17) is 10.5 Å². The van der Waals surface area contributed by atoms with E-state index in [-0.39, 0.29) is 18.0 Å². The lowest BCUT2D eigenvalue weighted by Gasteiger charge is -2.12. The summed E-state index contributed by atoms with van der Waals surface area (Å²) in [7, 11) is 0. The number of nitro benzene ring substituents is 1. The Morgan fingerprint density at radius 3 is 2.87 bits per heavy atom. The highest BCUT2D eigenvalue weighted by molar-refractivity contribution is 5.46. The number of hydrogen-bond donors (Lipinski definition) is 1. The zero-order valence-electron chi connectivity index (χ0n) is 8.14. The van der Waals surface area contributed by atoms with E-state index in [2.05, 4.69) is 0 Å². The van der Waals surface area contributed by atoms with Gasteiger partial charge in [-0.2, -0.15) is 0 Å². The number of benzene rings is 1. The van der Waals surface area contributed by atoms with E-state index in [1.165, 1.54) is 0 Å². The Bertz CT molecular complexity index is 370. The van der Waals surface area contributed by atoms with Crippen LogP contribution in [0.4, 0.5) is 10.1 Å². The fourth-order valence-corrected chi connectivity index (χ4v) is 0.998. The van der Waals surface area contributed by atoms with E-state index in [1.54, 1.807) is 6.92 Å². The summed E-state index contributed by atoms with van der Waals surface area (Å²) in [5.74, 6) is -0.683. The molecule has 0 aliphatic heterocycles. The largest absolute Gasteiger partial charge is 0.482 e. The van der Waals surface area contributed by atoms with Gasteiger partial charge in [0, 0.05) is 18.7 Å². The summed E-state index contributed by atoms with van der Waals surface area (Å²) < 4.78 is 18.0. The first-order chi connectivity index (χ1) is 7.04. The molecule has 0 heterocycles. The van der Waals surface area contributed by atoms with Gasteiger partial charge in [0.15, 0.2) is 5.75 Å². The molecule has 0 saturated carbocycles. The Morgan fingerprint density at radius 2 is 2.33 bits per heavy atom. The number of halogens is 1. The molecule has 1 atom stereocenters. The second-order valence-electron chi connectivity index (χ2n) is 3.03. The lowest BCUT2D eigenvalue weighted by molar-refractivity contribution is -0.386. The lowest BCUT2D eigenvalue weighted by Crippen LogP contribution is -2.23. The van der Waals surface area contributed by atoms with Crippen molar-refractivity contribution in [1.29, 1.82) is 0 Å². The molecule has 1 aromatic rings. The zero-order chi connectivity index (χ0) is 11.4. The highest BCUT2D eigenvalue weighted by atomic mass is 19.1. The van der Waals surface area contributed by atoms with Gasteiger partial charge in [-0.1, -0.05) is 0 Å². The third kappa shape index (κ3) is 2.88. The van der Waals surface area contributed by atoms with Crippen LogP contribution in [0.3, 0.4) is 0 Å². The Balaban J connectivity index is 3.02. The van der Waals surface area contributed by atoms with E-state index in [0.29, 0.717) is 0 Å². The number of nitro groups is 1. The molecule has 5 nitrogen and oxygen atoms in total. The van der Waals surface area contributed by atoms with Gasteiger partial charge in [0.25, 0.3) is 0 Å². The van der Waals surface area contributed by atoms with Gasteiger partial charge in [0.05, 0.1) is 4.92 Å². The van der Waals surface area contributed by atoms with Gasteiger partial charge in [-0.3, -0.25) is 10.1 Å². The van der Waals surface area contributed by atoms with E-state index >= 15 is 0 Å². The van der Waals surface area contributed by atoms with Crippen molar-refractivity contribution in [2.75, 3.05) is 6.54 Å². The quantitative estimate of drug-likeness (QED) is 0.607. The van der Waals surface area contributed by atoms with Crippen LogP contribution < -0.4 is 10.5 Å². The topological polar surface area (TPSA) is 78.4 Å². The second-order valence-corrected chi connectivity index (χ2v) is 3.03. The molecule has 0 aliphatic rings. The molecule has 1 rings (SSSR count). The van der Waals surface area contributed by atoms with Crippen molar-refractivity contribution in [1.82, 2.24) is 0 Å². The molecule has 6 heteroatoms. The van der Waals surface area contributed by atoms with Crippen molar-refractivity contribution in [2.24, 2.45) is 5.73 Å². The summed E-state index contributed by atoms with van der Waals surface area (Å²) in [4.78, 5) is 9.95. The van der Waals surface area contributed by atoms with Gasteiger partial charge in [-0.15, -0.1) is 0 Å². The lowest BCUT2D eigenvalue weighted by atomic mass is 10.3. The third-order valence-corrected chi connectivity index (χ3v) is 1.78. The zero-order valence-corrected chi connectivity index (χ0v) is 8.14. The molecular weight excluding hydrogens is 203 g/mol. The second kappa shape index (κ2) is 4.70. The number of nitrogens with zero attached hydrogens (tertiary/aromatic N) is 1. The molecule has 0 aromatic heterocycles. The van der Waals surface area contributed by atoms with Gasteiger partial charge in [0.2, 0.25) is 0 Å². The Hall–Kier alpha value is -1.69. The van der Waals surface area contributed by atoms with Crippen molar-refractivity contribution in [3.8, 4) is 5.75 Å². The number of hydrogen-bond acceptors (Lipinski definition) is 4. The first kappa shape index (κ1) is 11.4. The molecule has 0 bridgehead atoms. The van der Waals surface area contributed by atoms with Crippen molar-refractivity contribution in [3.05, 3.63) is 34.1 Å². The Morgan fingerprint density at radius 1 is 1.67 bits per heavy atom. The summed E-state index contributed by atoms with van der Waals surface area (Å²) >= 11 is 0. The maximum Gasteiger partial charge on any atom is 0.311 e. The van der Waals surface area contributed by atoms with Crippen LogP contribution in [0.2, 0.25) is 0 Å². The van der Waals surface area contributed by atoms with Crippen LogP contribution in [0.5, 0.6) is 5.75 Å². The van der Waals surface area contributed by atoms with Crippen LogP contribution in [0, 0.1) is 15.9 Å². The predicted molar refractivity (Wildman–Crippen MR) is 52.2 cm³/mol. The maximum absolute atomic E-state index is 12.8. The molecule has 0 fully saturated rings. The summed E-state index contributed by atoms with van der Waals surface area (Å²) in [6.45, 7) is 1.85. The van der Waals surface area contributed by atoms with Crippen LogP contribution >= 0.6 is 0 Å². The summed E-state index contributed by atoms with van der Waals surface area (Å²) in [5, 5.41) is 10.6. The summed E-state index contributed by atoms with van der Waals surface area (Å²) in [5.41, 5.74) is 5.03. The molecule has 0 saturated heterocycles. The van der Waals surface area contributed by atoms with Crippen molar-refractivity contribution in [3.63, 3.8) is 0 Å². The third-order valence-electron chi connectivity index (χ3n) is 1.78. The number of rotatable bonds is 4.